The predicted octanol–water partition coefficient (Wildman–Crippen LogP) is -0.387. The van der Waals surface area contributed by atoms with Gasteiger partial charge in [0.25, 0.3) is 5.56 Å². The van der Waals surface area contributed by atoms with E-state index in [-0.39, 0.29) is 11.2 Å². The molecular weight excluding hydrogens is 214 g/mol. The van der Waals surface area contributed by atoms with Crippen LogP contribution >= 0.6 is 12.2 Å². The highest BCUT2D eigenvalue weighted by Crippen LogP contribution is 1.90. The quantitative estimate of drug-likeness (QED) is 0.711. The van der Waals surface area contributed by atoms with Crippen LogP contribution in [0.1, 0.15) is 12.8 Å². The molecule has 0 aromatic carbocycles. The van der Waals surface area contributed by atoms with Crippen molar-refractivity contribution < 1.29 is 0 Å². The second-order valence-corrected chi connectivity index (χ2v) is 3.79. The maximum absolute atomic E-state index is 11.5. The van der Waals surface area contributed by atoms with Crippen molar-refractivity contribution in [1.82, 2.24) is 9.13 Å². The first-order valence-electron chi connectivity index (χ1n) is 4.57. The lowest BCUT2D eigenvalue weighted by Crippen LogP contribution is -2.38. The zero-order chi connectivity index (χ0) is 11.4. The third kappa shape index (κ3) is 3.02. The first kappa shape index (κ1) is 11.6. The first-order valence-corrected chi connectivity index (χ1v) is 4.98. The Morgan fingerprint density at radius 3 is 2.80 bits per heavy atom. The van der Waals surface area contributed by atoms with Crippen LogP contribution in [0.25, 0.3) is 0 Å². The van der Waals surface area contributed by atoms with Crippen molar-refractivity contribution in [3.05, 3.63) is 33.1 Å². The molecule has 0 amide bonds. The molecule has 0 fully saturated rings. The number of hydrogen-bond acceptors (Lipinski definition) is 3. The van der Waals surface area contributed by atoms with E-state index in [0.717, 1.165) is 0 Å². The van der Waals surface area contributed by atoms with Crippen molar-refractivity contribution in [3.8, 4) is 0 Å². The second-order valence-electron chi connectivity index (χ2n) is 3.27. The summed E-state index contributed by atoms with van der Waals surface area (Å²) in [6.07, 6.45) is 2.60. The molecule has 0 atom stereocenters. The Hall–Kier alpha value is -1.43. The predicted molar refractivity (Wildman–Crippen MR) is 62.0 cm³/mol. The van der Waals surface area contributed by atoms with Crippen LogP contribution in [0.15, 0.2) is 21.9 Å². The maximum atomic E-state index is 11.5. The number of nitrogens with two attached hydrogens (primary N) is 1. The molecule has 0 saturated carbocycles. The highest BCUT2D eigenvalue weighted by Gasteiger charge is 2.02. The average Bonchev–Trinajstić information content (AvgIpc) is 2.17. The topological polar surface area (TPSA) is 70.0 Å². The largest absolute Gasteiger partial charge is 0.393 e. The van der Waals surface area contributed by atoms with Crippen molar-refractivity contribution in [2.75, 3.05) is 0 Å². The van der Waals surface area contributed by atoms with Crippen LogP contribution in [0.5, 0.6) is 0 Å². The monoisotopic (exact) mass is 227 g/mol. The standard InChI is InChI=1S/C9H13N3O2S/c1-11-6-4-8(13)12(9(11)14)5-2-3-7(10)15/h4,6H,2-3,5H2,1H3,(H2,10,15). The van der Waals surface area contributed by atoms with Gasteiger partial charge in [-0.3, -0.25) is 9.36 Å². The Balaban J connectivity index is 2.85. The van der Waals surface area contributed by atoms with E-state index in [0.29, 0.717) is 24.4 Å². The SMILES string of the molecule is Cn1ccc(=O)n(CCCC(N)=S)c1=O. The zero-order valence-electron chi connectivity index (χ0n) is 8.47. The highest BCUT2D eigenvalue weighted by molar-refractivity contribution is 7.80. The van der Waals surface area contributed by atoms with Crippen LogP contribution in [0, 0.1) is 0 Å². The van der Waals surface area contributed by atoms with Gasteiger partial charge in [0.15, 0.2) is 0 Å². The highest BCUT2D eigenvalue weighted by atomic mass is 32.1. The molecule has 0 aliphatic rings. The van der Waals surface area contributed by atoms with Gasteiger partial charge in [-0.25, -0.2) is 4.79 Å². The molecule has 82 valence electrons. The minimum Gasteiger partial charge on any atom is -0.393 e. The van der Waals surface area contributed by atoms with Crippen LogP contribution < -0.4 is 17.0 Å². The Kier molecular flexibility index (Phi) is 3.79. The molecule has 0 saturated heterocycles. The van der Waals surface area contributed by atoms with E-state index in [4.69, 9.17) is 18.0 Å². The molecule has 5 nitrogen and oxygen atoms in total. The number of thiocarbonyl (C=S) groups is 1. The number of aryl methyl sites for hydroxylation is 1. The van der Waals surface area contributed by atoms with Gasteiger partial charge < -0.3 is 10.3 Å². The molecule has 0 aliphatic heterocycles. The van der Waals surface area contributed by atoms with E-state index in [1.807, 2.05) is 0 Å². The third-order valence-corrected chi connectivity index (χ3v) is 2.25. The Morgan fingerprint density at radius 2 is 2.20 bits per heavy atom. The molecule has 1 heterocycles. The van der Waals surface area contributed by atoms with Gasteiger partial charge in [0.2, 0.25) is 0 Å². The summed E-state index contributed by atoms with van der Waals surface area (Å²) in [6.45, 7) is 0.351. The van der Waals surface area contributed by atoms with Gasteiger partial charge in [-0.15, -0.1) is 0 Å². The molecule has 1 rings (SSSR count). The van der Waals surface area contributed by atoms with Gasteiger partial charge in [-0.1, -0.05) is 12.2 Å². The summed E-state index contributed by atoms with van der Waals surface area (Å²) in [5.41, 5.74) is 4.72. The Morgan fingerprint density at radius 1 is 1.53 bits per heavy atom. The van der Waals surface area contributed by atoms with Gasteiger partial charge in [-0.2, -0.15) is 0 Å². The summed E-state index contributed by atoms with van der Waals surface area (Å²) >= 11 is 4.71. The summed E-state index contributed by atoms with van der Waals surface area (Å²) in [7, 11) is 1.60. The summed E-state index contributed by atoms with van der Waals surface area (Å²) in [4.78, 5) is 23.3. The zero-order valence-corrected chi connectivity index (χ0v) is 9.29. The molecule has 0 bridgehead atoms. The molecular formula is C9H13N3O2S. The van der Waals surface area contributed by atoms with Crippen molar-refractivity contribution in [1.29, 1.82) is 0 Å². The van der Waals surface area contributed by atoms with Gasteiger partial charge in [-0.05, 0) is 12.8 Å². The number of rotatable bonds is 4. The Bertz CT molecular complexity index is 475. The van der Waals surface area contributed by atoms with E-state index < -0.39 is 0 Å². The van der Waals surface area contributed by atoms with Crippen molar-refractivity contribution in [2.24, 2.45) is 12.8 Å². The summed E-state index contributed by atoms with van der Waals surface area (Å²) in [5.74, 6) is 0. The lowest BCUT2D eigenvalue weighted by Gasteiger charge is -2.05. The minimum atomic E-state index is -0.314. The van der Waals surface area contributed by atoms with Crippen LogP contribution in [-0.2, 0) is 13.6 Å². The number of nitrogens with zero attached hydrogens (tertiary/aromatic N) is 2. The number of hydrogen-bond donors (Lipinski definition) is 1. The second kappa shape index (κ2) is 4.88. The molecule has 0 spiro atoms. The van der Waals surface area contributed by atoms with E-state index in [1.165, 1.54) is 21.4 Å². The maximum Gasteiger partial charge on any atom is 0.330 e. The Labute approximate surface area is 92.1 Å². The molecule has 1 aromatic heterocycles. The molecule has 0 unspecified atom stereocenters. The molecule has 2 N–H and O–H groups in total. The van der Waals surface area contributed by atoms with E-state index in [2.05, 4.69) is 0 Å². The van der Waals surface area contributed by atoms with Crippen LogP contribution in [0.3, 0.4) is 0 Å². The average molecular weight is 227 g/mol. The van der Waals surface area contributed by atoms with Crippen molar-refractivity contribution in [2.45, 2.75) is 19.4 Å². The van der Waals surface area contributed by atoms with Gasteiger partial charge in [0.1, 0.15) is 0 Å². The summed E-state index contributed by atoms with van der Waals surface area (Å²) in [5, 5.41) is 0. The third-order valence-electron chi connectivity index (χ3n) is 2.04. The molecule has 1 aromatic rings. The van der Waals surface area contributed by atoms with E-state index in [9.17, 15) is 9.59 Å². The lowest BCUT2D eigenvalue weighted by molar-refractivity contribution is 0.571. The fourth-order valence-electron chi connectivity index (χ4n) is 1.23. The van der Waals surface area contributed by atoms with Gasteiger partial charge in [0.05, 0.1) is 4.99 Å². The molecule has 0 aliphatic carbocycles. The van der Waals surface area contributed by atoms with Crippen LogP contribution in [0.4, 0.5) is 0 Å². The smallest absolute Gasteiger partial charge is 0.330 e. The van der Waals surface area contributed by atoms with Crippen LogP contribution in [0.2, 0.25) is 0 Å². The fraction of sp³-hybridized carbons (Fsp3) is 0.444. The lowest BCUT2D eigenvalue weighted by atomic mass is 10.3. The van der Waals surface area contributed by atoms with Gasteiger partial charge in [0, 0.05) is 25.9 Å². The summed E-state index contributed by atoms with van der Waals surface area (Å²) in [6, 6.07) is 1.36. The molecule has 0 radical (unpaired) electrons. The van der Waals surface area contributed by atoms with Crippen LogP contribution in [-0.4, -0.2) is 14.1 Å². The van der Waals surface area contributed by atoms with Gasteiger partial charge >= 0.3 is 5.69 Å². The minimum absolute atomic E-state index is 0.291. The first-order chi connectivity index (χ1) is 7.02. The fourth-order valence-corrected chi connectivity index (χ4v) is 1.38. The van der Waals surface area contributed by atoms with E-state index in [1.54, 1.807) is 7.05 Å². The van der Waals surface area contributed by atoms with Crippen molar-refractivity contribution in [3.63, 3.8) is 0 Å². The molecule has 6 heteroatoms. The van der Waals surface area contributed by atoms with Crippen molar-refractivity contribution >= 4 is 17.2 Å². The summed E-state index contributed by atoms with van der Waals surface area (Å²) < 4.78 is 2.54. The number of aromatic nitrogens is 2. The van der Waals surface area contributed by atoms with E-state index >= 15 is 0 Å². The molecule has 15 heavy (non-hydrogen) atoms. The normalized spacial score (nSPS) is 10.2.